The Morgan fingerprint density at radius 3 is 2.67 bits per heavy atom. The van der Waals surface area contributed by atoms with Crippen molar-refractivity contribution in [2.24, 2.45) is 11.1 Å². The molecule has 0 radical (unpaired) electrons. The molecule has 1 fully saturated rings. The van der Waals surface area contributed by atoms with Crippen molar-refractivity contribution in [2.45, 2.75) is 38.2 Å². The molecule has 0 bridgehead atoms. The fraction of sp³-hybridized carbons (Fsp3) is 0.800. The summed E-state index contributed by atoms with van der Waals surface area (Å²) in [5.41, 5.74) is 5.90. The standard InChI is InChI=1S/C10H19NO/c1-2-3-9(12)8-10(4-5-10)6-7-11/h2,9,12H,1,3-8,11H2. The van der Waals surface area contributed by atoms with Gasteiger partial charge in [0.1, 0.15) is 0 Å². The van der Waals surface area contributed by atoms with E-state index >= 15 is 0 Å². The highest BCUT2D eigenvalue weighted by atomic mass is 16.3. The molecule has 0 aromatic rings. The maximum Gasteiger partial charge on any atom is 0.0579 e. The van der Waals surface area contributed by atoms with E-state index in [0.29, 0.717) is 11.8 Å². The Kier molecular flexibility index (Phi) is 3.29. The van der Waals surface area contributed by atoms with E-state index in [1.54, 1.807) is 6.08 Å². The lowest BCUT2D eigenvalue weighted by molar-refractivity contribution is 0.136. The summed E-state index contributed by atoms with van der Waals surface area (Å²) in [6.45, 7) is 4.36. The summed E-state index contributed by atoms with van der Waals surface area (Å²) in [4.78, 5) is 0. The van der Waals surface area contributed by atoms with Crippen molar-refractivity contribution in [1.82, 2.24) is 0 Å². The normalized spacial score (nSPS) is 21.8. The summed E-state index contributed by atoms with van der Waals surface area (Å²) in [7, 11) is 0. The molecule has 0 saturated heterocycles. The summed E-state index contributed by atoms with van der Waals surface area (Å²) >= 11 is 0. The molecular weight excluding hydrogens is 150 g/mol. The van der Waals surface area contributed by atoms with Crippen LogP contribution in [0, 0.1) is 5.41 Å². The summed E-state index contributed by atoms with van der Waals surface area (Å²) < 4.78 is 0. The van der Waals surface area contributed by atoms with Gasteiger partial charge in [0, 0.05) is 0 Å². The van der Waals surface area contributed by atoms with Crippen molar-refractivity contribution in [3.8, 4) is 0 Å². The SMILES string of the molecule is C=CCC(O)CC1(CCN)CC1. The Bertz CT molecular complexity index is 152. The fourth-order valence-electron chi connectivity index (χ4n) is 1.81. The van der Waals surface area contributed by atoms with E-state index in [2.05, 4.69) is 6.58 Å². The maximum absolute atomic E-state index is 9.54. The second kappa shape index (κ2) is 4.06. The molecule has 1 atom stereocenters. The average Bonchev–Trinajstić information content (AvgIpc) is 2.70. The van der Waals surface area contributed by atoms with Crippen molar-refractivity contribution < 1.29 is 5.11 Å². The molecule has 0 aliphatic heterocycles. The van der Waals surface area contributed by atoms with Crippen LogP contribution in [-0.2, 0) is 0 Å². The lowest BCUT2D eigenvalue weighted by Gasteiger charge is -2.17. The van der Waals surface area contributed by atoms with Crippen LogP contribution in [0.4, 0.5) is 0 Å². The van der Waals surface area contributed by atoms with Crippen molar-refractivity contribution in [3.63, 3.8) is 0 Å². The van der Waals surface area contributed by atoms with Crippen LogP contribution in [0.1, 0.15) is 32.1 Å². The van der Waals surface area contributed by atoms with Gasteiger partial charge in [-0.25, -0.2) is 0 Å². The summed E-state index contributed by atoms with van der Waals surface area (Å²) in [5, 5.41) is 9.54. The minimum atomic E-state index is -0.198. The van der Waals surface area contributed by atoms with E-state index < -0.39 is 0 Å². The van der Waals surface area contributed by atoms with Gasteiger partial charge in [0.15, 0.2) is 0 Å². The zero-order valence-electron chi connectivity index (χ0n) is 7.63. The second-order valence-electron chi connectivity index (χ2n) is 3.92. The summed E-state index contributed by atoms with van der Waals surface area (Å²) in [6, 6.07) is 0. The van der Waals surface area contributed by atoms with Gasteiger partial charge in [-0.2, -0.15) is 0 Å². The third kappa shape index (κ3) is 2.61. The number of hydrogen-bond acceptors (Lipinski definition) is 2. The average molecular weight is 169 g/mol. The van der Waals surface area contributed by atoms with Gasteiger partial charge in [0.2, 0.25) is 0 Å². The van der Waals surface area contributed by atoms with Crippen LogP contribution in [0.5, 0.6) is 0 Å². The quantitative estimate of drug-likeness (QED) is 0.591. The molecule has 0 aromatic heterocycles. The first kappa shape index (κ1) is 9.75. The number of nitrogens with two attached hydrogens (primary N) is 1. The van der Waals surface area contributed by atoms with Crippen LogP contribution in [0.15, 0.2) is 12.7 Å². The molecule has 2 heteroatoms. The Morgan fingerprint density at radius 2 is 2.25 bits per heavy atom. The molecule has 0 heterocycles. The van der Waals surface area contributed by atoms with Crippen molar-refractivity contribution in [3.05, 3.63) is 12.7 Å². The Hall–Kier alpha value is -0.340. The minimum absolute atomic E-state index is 0.198. The van der Waals surface area contributed by atoms with E-state index in [1.165, 1.54) is 12.8 Å². The molecule has 2 nitrogen and oxygen atoms in total. The molecule has 70 valence electrons. The highest BCUT2D eigenvalue weighted by molar-refractivity contribution is 4.95. The predicted octanol–water partition coefficient (Wildman–Crippen LogP) is 1.44. The lowest BCUT2D eigenvalue weighted by atomic mass is 9.93. The van der Waals surface area contributed by atoms with Crippen LogP contribution >= 0.6 is 0 Å². The number of hydrogen-bond donors (Lipinski definition) is 2. The van der Waals surface area contributed by atoms with Gasteiger partial charge in [-0.1, -0.05) is 6.08 Å². The van der Waals surface area contributed by atoms with Crippen molar-refractivity contribution in [2.75, 3.05) is 6.54 Å². The first-order valence-corrected chi connectivity index (χ1v) is 4.71. The highest BCUT2D eigenvalue weighted by Crippen LogP contribution is 2.52. The third-order valence-electron chi connectivity index (χ3n) is 2.74. The zero-order valence-corrected chi connectivity index (χ0v) is 7.63. The molecule has 1 unspecified atom stereocenters. The molecule has 0 spiro atoms. The van der Waals surface area contributed by atoms with E-state index in [4.69, 9.17) is 5.73 Å². The van der Waals surface area contributed by atoms with E-state index in [9.17, 15) is 5.11 Å². The van der Waals surface area contributed by atoms with Gasteiger partial charge in [0.25, 0.3) is 0 Å². The van der Waals surface area contributed by atoms with Gasteiger partial charge >= 0.3 is 0 Å². The lowest BCUT2D eigenvalue weighted by Crippen LogP contribution is -2.17. The van der Waals surface area contributed by atoms with E-state index in [1.807, 2.05) is 0 Å². The van der Waals surface area contributed by atoms with Gasteiger partial charge < -0.3 is 10.8 Å². The number of aliphatic hydroxyl groups is 1. The summed E-state index contributed by atoms with van der Waals surface area (Å²) in [5.74, 6) is 0. The largest absolute Gasteiger partial charge is 0.393 e. The topological polar surface area (TPSA) is 46.2 Å². The molecule has 1 saturated carbocycles. The molecule has 1 aliphatic rings. The minimum Gasteiger partial charge on any atom is -0.393 e. The maximum atomic E-state index is 9.54. The first-order valence-electron chi connectivity index (χ1n) is 4.71. The van der Waals surface area contributed by atoms with Gasteiger partial charge in [0.05, 0.1) is 6.10 Å². The number of rotatable bonds is 6. The monoisotopic (exact) mass is 169 g/mol. The van der Waals surface area contributed by atoms with E-state index in [0.717, 1.165) is 19.4 Å². The van der Waals surface area contributed by atoms with Crippen LogP contribution in [0.2, 0.25) is 0 Å². The molecule has 0 aromatic carbocycles. The van der Waals surface area contributed by atoms with Crippen LogP contribution in [0.3, 0.4) is 0 Å². The second-order valence-corrected chi connectivity index (χ2v) is 3.92. The van der Waals surface area contributed by atoms with Crippen molar-refractivity contribution in [1.29, 1.82) is 0 Å². The first-order chi connectivity index (χ1) is 5.72. The van der Waals surface area contributed by atoms with Crippen LogP contribution in [0.25, 0.3) is 0 Å². The van der Waals surface area contributed by atoms with Gasteiger partial charge in [-0.15, -0.1) is 6.58 Å². The van der Waals surface area contributed by atoms with E-state index in [-0.39, 0.29) is 6.10 Å². The molecule has 1 rings (SSSR count). The predicted molar refractivity (Wildman–Crippen MR) is 50.8 cm³/mol. The third-order valence-corrected chi connectivity index (χ3v) is 2.74. The van der Waals surface area contributed by atoms with Gasteiger partial charge in [-0.3, -0.25) is 0 Å². The molecule has 1 aliphatic carbocycles. The number of aliphatic hydroxyl groups excluding tert-OH is 1. The zero-order chi connectivity index (χ0) is 9.03. The molecular formula is C10H19NO. The Morgan fingerprint density at radius 1 is 1.58 bits per heavy atom. The smallest absolute Gasteiger partial charge is 0.0579 e. The fourth-order valence-corrected chi connectivity index (χ4v) is 1.81. The Balaban J connectivity index is 2.24. The molecule has 12 heavy (non-hydrogen) atoms. The highest BCUT2D eigenvalue weighted by Gasteiger charge is 2.42. The van der Waals surface area contributed by atoms with Crippen molar-refractivity contribution >= 4 is 0 Å². The summed E-state index contributed by atoms with van der Waals surface area (Å²) in [6.07, 6.45) is 6.78. The van der Waals surface area contributed by atoms with Crippen LogP contribution in [-0.4, -0.2) is 17.8 Å². The van der Waals surface area contributed by atoms with Crippen LogP contribution < -0.4 is 5.73 Å². The van der Waals surface area contributed by atoms with Gasteiger partial charge in [-0.05, 0) is 44.1 Å². The Labute approximate surface area is 74.5 Å². The molecule has 0 amide bonds. The molecule has 3 N–H and O–H groups in total.